The first-order chi connectivity index (χ1) is 12.8. The van der Waals surface area contributed by atoms with Crippen molar-refractivity contribution < 1.29 is 13.2 Å². The summed E-state index contributed by atoms with van der Waals surface area (Å²) < 4.78 is 39.8. The maximum absolute atomic E-state index is 13.3. The summed E-state index contributed by atoms with van der Waals surface area (Å²) in [6.07, 6.45) is -2.18. The Kier molecular flexibility index (Phi) is 9.11. The summed E-state index contributed by atoms with van der Waals surface area (Å²) in [6, 6.07) is 14.0. The minimum Gasteiger partial charge on any atom is -0.274 e. The number of rotatable bonds is 5. The molecule has 0 unspecified atom stereocenters. The van der Waals surface area contributed by atoms with Crippen LogP contribution >= 0.6 is 11.9 Å². The van der Waals surface area contributed by atoms with Crippen molar-refractivity contribution in [2.24, 2.45) is 10.2 Å². The Balaban J connectivity index is 0.00000176. The third kappa shape index (κ3) is 7.48. The van der Waals surface area contributed by atoms with Crippen LogP contribution in [0, 0.1) is 6.92 Å². The summed E-state index contributed by atoms with van der Waals surface area (Å²) in [5.74, 6) is 0. The zero-order chi connectivity index (χ0) is 20.4. The molecule has 0 aliphatic heterocycles. The third-order valence-corrected chi connectivity index (χ3v) is 3.95. The Morgan fingerprint density at radius 2 is 1.59 bits per heavy atom. The van der Waals surface area contributed by atoms with E-state index in [2.05, 4.69) is 5.10 Å². The Morgan fingerprint density at radius 3 is 2.07 bits per heavy atom. The minimum atomic E-state index is -4.55. The van der Waals surface area contributed by atoms with Gasteiger partial charge in [0.1, 0.15) is 0 Å². The van der Waals surface area contributed by atoms with Crippen LogP contribution in [0.2, 0.25) is 0 Å². The molecule has 2 N–H and O–H groups in total. The van der Waals surface area contributed by atoms with Gasteiger partial charge in [-0.3, -0.25) is 10.1 Å². The number of benzene rings is 2. The molecular formula is C20H24F3N3S. The second kappa shape index (κ2) is 10.8. The number of hydrogen-bond acceptors (Lipinski definition) is 4. The number of hydrazone groups is 1. The molecule has 0 bridgehead atoms. The Labute approximate surface area is 162 Å². The fraction of sp³-hybridized carbons (Fsp3) is 0.250. The smallest absolute Gasteiger partial charge is 0.274 e. The van der Waals surface area contributed by atoms with Gasteiger partial charge in [0.25, 0.3) is 0 Å². The van der Waals surface area contributed by atoms with Crippen molar-refractivity contribution in [2.45, 2.75) is 31.8 Å². The van der Waals surface area contributed by atoms with Gasteiger partial charge in [0.15, 0.2) is 5.71 Å². The molecule has 2 aromatic carbocycles. The fourth-order valence-electron chi connectivity index (χ4n) is 2.00. The van der Waals surface area contributed by atoms with Gasteiger partial charge in [0.05, 0.1) is 5.69 Å². The van der Waals surface area contributed by atoms with Crippen LogP contribution in [0.1, 0.15) is 25.0 Å². The van der Waals surface area contributed by atoms with Crippen LogP contribution in [0.5, 0.6) is 0 Å². The Hall–Kier alpha value is -2.25. The quantitative estimate of drug-likeness (QED) is 0.380. The van der Waals surface area contributed by atoms with Crippen molar-refractivity contribution in [1.82, 2.24) is 0 Å². The van der Waals surface area contributed by atoms with Gasteiger partial charge < -0.3 is 0 Å². The maximum Gasteiger partial charge on any atom is 0.435 e. The van der Waals surface area contributed by atoms with Crippen LogP contribution in [-0.4, -0.2) is 18.9 Å². The van der Waals surface area contributed by atoms with Crippen LogP contribution in [0.4, 0.5) is 18.9 Å². The summed E-state index contributed by atoms with van der Waals surface area (Å²) >= 11 is 1.07. The van der Waals surface area contributed by atoms with E-state index in [1.54, 1.807) is 36.4 Å². The Morgan fingerprint density at radius 1 is 1.04 bits per heavy atom. The highest BCUT2D eigenvalue weighted by Crippen LogP contribution is 2.23. The van der Waals surface area contributed by atoms with E-state index in [-0.39, 0.29) is 0 Å². The Bertz CT molecular complexity index is 752. The first kappa shape index (κ1) is 22.8. The zero-order valence-corrected chi connectivity index (χ0v) is 16.6. The zero-order valence-electron chi connectivity index (χ0n) is 15.8. The van der Waals surface area contributed by atoms with Crippen LogP contribution in [0.15, 0.2) is 64.6 Å². The average Bonchev–Trinajstić information content (AvgIpc) is 2.67. The first-order valence-electron chi connectivity index (χ1n) is 8.40. The molecule has 0 saturated carbocycles. The van der Waals surface area contributed by atoms with Crippen molar-refractivity contribution in [3.05, 3.63) is 65.7 Å². The van der Waals surface area contributed by atoms with Crippen LogP contribution in [0.3, 0.4) is 0 Å². The highest BCUT2D eigenvalue weighted by molar-refractivity contribution is 7.97. The second-order valence-electron chi connectivity index (χ2n) is 5.36. The molecule has 2 aromatic rings. The lowest BCUT2D eigenvalue weighted by atomic mass is 10.1. The van der Waals surface area contributed by atoms with Gasteiger partial charge in [0.2, 0.25) is 0 Å². The van der Waals surface area contributed by atoms with E-state index in [1.807, 2.05) is 32.9 Å². The molecule has 0 radical (unpaired) electrons. The van der Waals surface area contributed by atoms with E-state index in [4.69, 9.17) is 5.14 Å². The number of nitrogens with zero attached hydrogens (tertiary/aromatic N) is 2. The number of halogens is 3. The molecule has 0 fully saturated rings. The van der Waals surface area contributed by atoms with Gasteiger partial charge in [0, 0.05) is 11.9 Å². The number of allylic oxidation sites excluding steroid dienone is 1. The van der Waals surface area contributed by atoms with Crippen LogP contribution in [-0.2, 0) is 0 Å². The van der Waals surface area contributed by atoms with E-state index in [0.717, 1.165) is 28.5 Å². The van der Waals surface area contributed by atoms with Gasteiger partial charge >= 0.3 is 6.18 Å². The molecule has 3 nitrogen and oxygen atoms in total. The topological polar surface area (TPSA) is 41.6 Å². The first-order valence-corrected chi connectivity index (χ1v) is 9.28. The van der Waals surface area contributed by atoms with E-state index in [0.29, 0.717) is 11.3 Å². The maximum atomic E-state index is 13.3. The fourth-order valence-corrected chi connectivity index (χ4v) is 2.29. The molecule has 0 heterocycles. The summed E-state index contributed by atoms with van der Waals surface area (Å²) in [5.41, 5.74) is 1.27. The average molecular weight is 395 g/mol. The van der Waals surface area contributed by atoms with Crippen molar-refractivity contribution in [3.63, 3.8) is 0 Å². The lowest BCUT2D eigenvalue weighted by Crippen LogP contribution is -2.25. The molecular weight excluding hydrogens is 371 g/mol. The second-order valence-corrected chi connectivity index (χ2v) is 6.07. The van der Waals surface area contributed by atoms with Crippen molar-refractivity contribution >= 4 is 29.4 Å². The van der Waals surface area contributed by atoms with Crippen LogP contribution in [0.25, 0.3) is 6.08 Å². The molecule has 146 valence electrons. The summed E-state index contributed by atoms with van der Waals surface area (Å²) in [5, 5.41) is 10.3. The largest absolute Gasteiger partial charge is 0.435 e. The predicted octanol–water partition coefficient (Wildman–Crippen LogP) is 6.05. The van der Waals surface area contributed by atoms with Crippen molar-refractivity contribution in [3.8, 4) is 0 Å². The number of alkyl halides is 3. The number of aryl methyl sites for hydroxylation is 1. The highest BCUT2D eigenvalue weighted by Gasteiger charge is 2.34. The summed E-state index contributed by atoms with van der Waals surface area (Å²) in [7, 11) is 1.47. The monoisotopic (exact) mass is 395 g/mol. The standard InChI is InChI=1S/C18H18F3N3S.C2H6/c1-13-3-5-14(6-4-13)7-12-17(18(19,20)21)23-24(2)15-8-10-16(25-22)11-9-15;1-2/h3-12H,22H2,1-2H3;1-2H3/b12-7+,23-17+;. The minimum absolute atomic E-state index is 0.531. The van der Waals surface area contributed by atoms with Gasteiger partial charge in [-0.05, 0) is 54.8 Å². The molecule has 0 aromatic heterocycles. The number of hydrogen-bond donors (Lipinski definition) is 1. The van der Waals surface area contributed by atoms with Gasteiger partial charge in [-0.25, -0.2) is 0 Å². The molecule has 0 aliphatic carbocycles. The molecule has 7 heteroatoms. The number of anilines is 1. The molecule has 0 atom stereocenters. The molecule has 0 spiro atoms. The number of nitrogens with two attached hydrogens (primary N) is 1. The van der Waals surface area contributed by atoms with E-state index in [1.165, 1.54) is 18.1 Å². The summed E-state index contributed by atoms with van der Waals surface area (Å²) in [4.78, 5) is 0.816. The third-order valence-electron chi connectivity index (χ3n) is 3.41. The highest BCUT2D eigenvalue weighted by atomic mass is 32.2. The molecule has 27 heavy (non-hydrogen) atoms. The SMILES string of the molecule is CC.Cc1ccc(/C=C/C(=N\N(C)c2ccc(SN)cc2)C(F)(F)F)cc1. The summed E-state index contributed by atoms with van der Waals surface area (Å²) in [6.45, 7) is 5.92. The van der Waals surface area contributed by atoms with Crippen molar-refractivity contribution in [1.29, 1.82) is 0 Å². The van der Waals surface area contributed by atoms with Gasteiger partial charge in [-0.2, -0.15) is 18.3 Å². The molecule has 2 rings (SSSR count). The molecule has 0 amide bonds. The van der Waals surface area contributed by atoms with E-state index < -0.39 is 11.9 Å². The van der Waals surface area contributed by atoms with E-state index >= 15 is 0 Å². The normalized spacial score (nSPS) is 11.9. The lowest BCUT2D eigenvalue weighted by molar-refractivity contribution is -0.0578. The molecule has 0 aliphatic rings. The van der Waals surface area contributed by atoms with Crippen molar-refractivity contribution in [2.75, 3.05) is 12.1 Å². The molecule has 0 saturated heterocycles. The van der Waals surface area contributed by atoms with E-state index in [9.17, 15) is 13.2 Å². The lowest BCUT2D eigenvalue weighted by Gasteiger charge is -2.16. The van der Waals surface area contributed by atoms with Crippen LogP contribution < -0.4 is 10.1 Å². The van der Waals surface area contributed by atoms with Gasteiger partial charge in [-0.1, -0.05) is 49.8 Å². The van der Waals surface area contributed by atoms with Gasteiger partial charge in [-0.15, -0.1) is 0 Å². The predicted molar refractivity (Wildman–Crippen MR) is 110 cm³/mol.